The van der Waals surface area contributed by atoms with Gasteiger partial charge < -0.3 is 15.2 Å². The number of hydrogen-bond acceptors (Lipinski definition) is 2. The number of aryl methyl sites for hydroxylation is 1. The number of piperidine rings is 1. The third kappa shape index (κ3) is 2.11. The molecule has 0 atom stereocenters. The molecule has 1 saturated heterocycles. The lowest BCUT2D eigenvalue weighted by atomic mass is 10.0. The largest absolute Gasteiger partial charge is 0.365 e. The van der Waals surface area contributed by atoms with Crippen molar-refractivity contribution in [3.8, 4) is 0 Å². The van der Waals surface area contributed by atoms with Gasteiger partial charge in [0, 0.05) is 25.0 Å². The van der Waals surface area contributed by atoms with Crippen LogP contribution in [-0.4, -0.2) is 42.0 Å². The van der Waals surface area contributed by atoms with E-state index >= 15 is 0 Å². The number of nitrogens with zero attached hydrogens (tertiary/aromatic N) is 1. The molecule has 1 amide bonds. The molecular formula is C12H19N3O. The van der Waals surface area contributed by atoms with Gasteiger partial charge >= 0.3 is 0 Å². The fraction of sp³-hybridized carbons (Fsp3) is 0.583. The van der Waals surface area contributed by atoms with Gasteiger partial charge in [-0.05, 0) is 38.9 Å². The highest BCUT2D eigenvalue weighted by Crippen LogP contribution is 2.15. The molecule has 0 aliphatic carbocycles. The maximum atomic E-state index is 12.2. The van der Waals surface area contributed by atoms with Crippen molar-refractivity contribution in [1.82, 2.24) is 15.2 Å². The summed E-state index contributed by atoms with van der Waals surface area (Å²) in [7, 11) is 1.91. The first-order chi connectivity index (χ1) is 7.70. The molecule has 0 aromatic carbocycles. The molecule has 0 unspecified atom stereocenters. The number of rotatable bonds is 2. The molecule has 4 nitrogen and oxygen atoms in total. The zero-order valence-electron chi connectivity index (χ0n) is 9.92. The minimum atomic E-state index is 0.130. The van der Waals surface area contributed by atoms with Gasteiger partial charge in [-0.15, -0.1) is 0 Å². The summed E-state index contributed by atoms with van der Waals surface area (Å²) >= 11 is 0. The molecule has 1 aromatic heterocycles. The topological polar surface area (TPSA) is 48.1 Å². The molecule has 16 heavy (non-hydrogen) atoms. The Labute approximate surface area is 96.0 Å². The Hall–Kier alpha value is -1.29. The Morgan fingerprint density at radius 3 is 2.69 bits per heavy atom. The zero-order valence-corrected chi connectivity index (χ0v) is 9.92. The minimum absolute atomic E-state index is 0.130. The molecule has 0 bridgehead atoms. The molecule has 1 aliphatic heterocycles. The molecule has 1 aliphatic rings. The lowest BCUT2D eigenvalue weighted by molar-refractivity contribution is 0.0702. The highest BCUT2D eigenvalue weighted by Gasteiger charge is 2.23. The van der Waals surface area contributed by atoms with Crippen LogP contribution in [0.3, 0.4) is 0 Å². The average molecular weight is 221 g/mol. The minimum Gasteiger partial charge on any atom is -0.365 e. The van der Waals surface area contributed by atoms with E-state index in [4.69, 9.17) is 0 Å². The lowest BCUT2D eigenvalue weighted by Gasteiger charge is -2.31. The molecule has 0 spiro atoms. The number of nitrogens with one attached hydrogen (secondary N) is 2. The smallest absolute Gasteiger partial charge is 0.255 e. The van der Waals surface area contributed by atoms with Crippen molar-refractivity contribution in [3.63, 3.8) is 0 Å². The number of H-pyrrole nitrogens is 1. The lowest BCUT2D eigenvalue weighted by Crippen LogP contribution is -2.44. The second-order valence-corrected chi connectivity index (χ2v) is 4.41. The van der Waals surface area contributed by atoms with Crippen LogP contribution in [0.2, 0.25) is 0 Å². The van der Waals surface area contributed by atoms with E-state index in [1.165, 1.54) is 0 Å². The SMILES string of the molecule is Cc1[nH]ccc1C(=O)N(C)C1CCNCC1. The van der Waals surface area contributed by atoms with Gasteiger partial charge in [0.15, 0.2) is 0 Å². The van der Waals surface area contributed by atoms with Crippen LogP contribution in [0.4, 0.5) is 0 Å². The van der Waals surface area contributed by atoms with E-state index in [0.29, 0.717) is 6.04 Å². The Balaban J connectivity index is 2.06. The van der Waals surface area contributed by atoms with Gasteiger partial charge in [0.1, 0.15) is 0 Å². The van der Waals surface area contributed by atoms with E-state index in [2.05, 4.69) is 10.3 Å². The Morgan fingerprint density at radius 1 is 1.44 bits per heavy atom. The maximum absolute atomic E-state index is 12.2. The van der Waals surface area contributed by atoms with E-state index in [1.807, 2.05) is 31.1 Å². The normalized spacial score (nSPS) is 17.4. The predicted octanol–water partition coefficient (Wildman–Crippen LogP) is 1.15. The van der Waals surface area contributed by atoms with E-state index < -0.39 is 0 Å². The summed E-state index contributed by atoms with van der Waals surface area (Å²) in [5, 5.41) is 3.31. The van der Waals surface area contributed by atoms with Crippen molar-refractivity contribution in [2.45, 2.75) is 25.8 Å². The van der Waals surface area contributed by atoms with Crippen molar-refractivity contribution in [2.75, 3.05) is 20.1 Å². The fourth-order valence-corrected chi connectivity index (χ4v) is 2.23. The Morgan fingerprint density at radius 2 is 2.12 bits per heavy atom. The highest BCUT2D eigenvalue weighted by atomic mass is 16.2. The standard InChI is InChI=1S/C12H19N3O/c1-9-11(5-8-14-9)12(16)15(2)10-3-6-13-7-4-10/h5,8,10,13-14H,3-4,6-7H2,1-2H3. The number of amides is 1. The van der Waals surface area contributed by atoms with Crippen molar-refractivity contribution >= 4 is 5.91 Å². The first-order valence-corrected chi connectivity index (χ1v) is 5.82. The highest BCUT2D eigenvalue weighted by molar-refractivity contribution is 5.95. The number of aromatic amines is 1. The van der Waals surface area contributed by atoms with Crippen molar-refractivity contribution < 1.29 is 4.79 Å². The number of hydrogen-bond donors (Lipinski definition) is 2. The third-order valence-electron chi connectivity index (χ3n) is 3.36. The van der Waals surface area contributed by atoms with Gasteiger partial charge in [0.25, 0.3) is 5.91 Å². The third-order valence-corrected chi connectivity index (χ3v) is 3.36. The fourth-order valence-electron chi connectivity index (χ4n) is 2.23. The van der Waals surface area contributed by atoms with Gasteiger partial charge in [-0.2, -0.15) is 0 Å². The van der Waals surface area contributed by atoms with E-state index in [9.17, 15) is 4.79 Å². The molecule has 0 saturated carbocycles. The van der Waals surface area contributed by atoms with Gasteiger partial charge in [-0.1, -0.05) is 0 Å². The first kappa shape index (κ1) is 11.2. The van der Waals surface area contributed by atoms with Crippen LogP contribution in [0.25, 0.3) is 0 Å². The zero-order chi connectivity index (χ0) is 11.5. The molecule has 88 valence electrons. The van der Waals surface area contributed by atoms with Crippen LogP contribution in [0.1, 0.15) is 28.9 Å². The van der Waals surface area contributed by atoms with E-state index in [0.717, 1.165) is 37.2 Å². The monoisotopic (exact) mass is 221 g/mol. The molecule has 1 fully saturated rings. The molecule has 2 N–H and O–H groups in total. The second-order valence-electron chi connectivity index (χ2n) is 4.41. The van der Waals surface area contributed by atoms with Gasteiger partial charge in [0.2, 0.25) is 0 Å². The quantitative estimate of drug-likeness (QED) is 0.787. The predicted molar refractivity (Wildman–Crippen MR) is 63.5 cm³/mol. The van der Waals surface area contributed by atoms with Crippen LogP contribution >= 0.6 is 0 Å². The molecular weight excluding hydrogens is 202 g/mol. The number of carbonyl (C=O) groups excluding carboxylic acids is 1. The van der Waals surface area contributed by atoms with Gasteiger partial charge in [-0.3, -0.25) is 4.79 Å². The Bertz CT molecular complexity index is 366. The van der Waals surface area contributed by atoms with Crippen molar-refractivity contribution in [3.05, 3.63) is 23.5 Å². The average Bonchev–Trinajstić information content (AvgIpc) is 2.75. The van der Waals surface area contributed by atoms with Crippen LogP contribution in [-0.2, 0) is 0 Å². The Kier molecular flexibility index (Phi) is 3.29. The second kappa shape index (κ2) is 4.70. The molecule has 2 rings (SSSR count). The summed E-state index contributed by atoms with van der Waals surface area (Å²) in [6.07, 6.45) is 3.91. The summed E-state index contributed by atoms with van der Waals surface area (Å²) in [6, 6.07) is 2.23. The molecule has 1 aromatic rings. The summed E-state index contributed by atoms with van der Waals surface area (Å²) < 4.78 is 0. The van der Waals surface area contributed by atoms with Crippen LogP contribution in [0.5, 0.6) is 0 Å². The number of carbonyl (C=O) groups is 1. The number of aromatic nitrogens is 1. The van der Waals surface area contributed by atoms with Gasteiger partial charge in [-0.25, -0.2) is 0 Å². The molecule has 0 radical (unpaired) electrons. The summed E-state index contributed by atoms with van der Waals surface area (Å²) in [5.41, 5.74) is 1.74. The molecule has 4 heteroatoms. The van der Waals surface area contributed by atoms with Crippen LogP contribution in [0.15, 0.2) is 12.3 Å². The van der Waals surface area contributed by atoms with Crippen molar-refractivity contribution in [1.29, 1.82) is 0 Å². The first-order valence-electron chi connectivity index (χ1n) is 5.82. The summed E-state index contributed by atoms with van der Waals surface area (Å²) in [4.78, 5) is 17.1. The summed E-state index contributed by atoms with van der Waals surface area (Å²) in [5.74, 6) is 0.130. The maximum Gasteiger partial charge on any atom is 0.255 e. The van der Waals surface area contributed by atoms with E-state index in [-0.39, 0.29) is 5.91 Å². The van der Waals surface area contributed by atoms with Crippen LogP contribution in [0, 0.1) is 6.92 Å². The van der Waals surface area contributed by atoms with Gasteiger partial charge in [0.05, 0.1) is 5.56 Å². The van der Waals surface area contributed by atoms with Crippen LogP contribution < -0.4 is 5.32 Å². The summed E-state index contributed by atoms with van der Waals surface area (Å²) in [6.45, 7) is 3.95. The van der Waals surface area contributed by atoms with E-state index in [1.54, 1.807) is 0 Å². The van der Waals surface area contributed by atoms with Crippen molar-refractivity contribution in [2.24, 2.45) is 0 Å². The molecule has 2 heterocycles.